The second kappa shape index (κ2) is 8.01. The van der Waals surface area contributed by atoms with E-state index in [2.05, 4.69) is 4.90 Å². The standard InChI is InChI=1S/C16H29NO2/c18-13-7-1-5-11-17-12-6-4-9-15(17)14-8-2-3-10-16(14)19/h14-15,18H,1-13H2. The Balaban J connectivity index is 1.85. The highest BCUT2D eigenvalue weighted by Crippen LogP contribution is 2.31. The maximum absolute atomic E-state index is 12.2. The molecule has 2 aliphatic rings. The van der Waals surface area contributed by atoms with Crippen LogP contribution in [0.5, 0.6) is 0 Å². The lowest BCUT2D eigenvalue weighted by Crippen LogP contribution is -2.47. The molecule has 1 heterocycles. The Kier molecular flexibility index (Phi) is 6.32. The summed E-state index contributed by atoms with van der Waals surface area (Å²) in [6.07, 6.45) is 11.3. The van der Waals surface area contributed by atoms with Crippen LogP contribution >= 0.6 is 0 Å². The molecule has 2 fully saturated rings. The van der Waals surface area contributed by atoms with E-state index in [1.807, 2.05) is 0 Å². The number of Topliss-reactive ketones (excluding diaryl/α,β-unsaturated/α-hetero) is 1. The number of piperidine rings is 1. The first-order valence-corrected chi connectivity index (χ1v) is 8.20. The molecular formula is C16H29NO2. The van der Waals surface area contributed by atoms with Crippen LogP contribution in [0.3, 0.4) is 0 Å². The van der Waals surface area contributed by atoms with Crippen LogP contribution in [0.25, 0.3) is 0 Å². The lowest BCUT2D eigenvalue weighted by Gasteiger charge is -2.41. The molecule has 1 aliphatic heterocycles. The molecular weight excluding hydrogens is 238 g/mol. The van der Waals surface area contributed by atoms with Gasteiger partial charge < -0.3 is 5.11 Å². The molecule has 1 aliphatic carbocycles. The lowest BCUT2D eigenvalue weighted by molar-refractivity contribution is -0.127. The fourth-order valence-electron chi connectivity index (χ4n) is 3.77. The predicted octanol–water partition coefficient (Wildman–Crippen LogP) is 2.76. The van der Waals surface area contributed by atoms with Crippen molar-refractivity contribution < 1.29 is 9.90 Å². The van der Waals surface area contributed by atoms with Gasteiger partial charge >= 0.3 is 0 Å². The molecule has 3 nitrogen and oxygen atoms in total. The first kappa shape index (κ1) is 15.0. The van der Waals surface area contributed by atoms with Crippen molar-refractivity contribution in [2.45, 2.75) is 70.3 Å². The van der Waals surface area contributed by atoms with Crippen molar-refractivity contribution in [2.24, 2.45) is 5.92 Å². The van der Waals surface area contributed by atoms with Crippen LogP contribution in [0.15, 0.2) is 0 Å². The number of unbranched alkanes of at least 4 members (excludes halogenated alkanes) is 2. The van der Waals surface area contributed by atoms with E-state index in [1.165, 1.54) is 32.2 Å². The molecule has 0 bridgehead atoms. The zero-order chi connectivity index (χ0) is 13.5. The van der Waals surface area contributed by atoms with Gasteiger partial charge in [-0.15, -0.1) is 0 Å². The Labute approximate surface area is 117 Å². The Morgan fingerprint density at radius 2 is 1.89 bits per heavy atom. The maximum atomic E-state index is 12.2. The van der Waals surface area contributed by atoms with Gasteiger partial charge in [-0.25, -0.2) is 0 Å². The summed E-state index contributed by atoms with van der Waals surface area (Å²) in [5.41, 5.74) is 0. The summed E-state index contributed by atoms with van der Waals surface area (Å²) in [5, 5.41) is 8.84. The van der Waals surface area contributed by atoms with E-state index in [0.717, 1.165) is 45.1 Å². The molecule has 2 rings (SSSR count). The van der Waals surface area contributed by atoms with E-state index < -0.39 is 0 Å². The van der Waals surface area contributed by atoms with Crippen LogP contribution < -0.4 is 0 Å². The number of hydrogen-bond donors (Lipinski definition) is 1. The largest absolute Gasteiger partial charge is 0.396 e. The number of ketones is 1. The second-order valence-corrected chi connectivity index (χ2v) is 6.20. The van der Waals surface area contributed by atoms with Gasteiger partial charge in [0.25, 0.3) is 0 Å². The third-order valence-corrected chi connectivity index (χ3v) is 4.83. The van der Waals surface area contributed by atoms with Crippen molar-refractivity contribution >= 4 is 5.78 Å². The van der Waals surface area contributed by atoms with Gasteiger partial charge in [0.15, 0.2) is 0 Å². The molecule has 2 unspecified atom stereocenters. The molecule has 110 valence electrons. The highest BCUT2D eigenvalue weighted by atomic mass is 16.2. The van der Waals surface area contributed by atoms with Gasteiger partial charge in [-0.05, 0) is 58.0 Å². The van der Waals surface area contributed by atoms with Crippen LogP contribution in [0.1, 0.15) is 64.2 Å². The Morgan fingerprint density at radius 1 is 1.05 bits per heavy atom. The van der Waals surface area contributed by atoms with E-state index in [1.54, 1.807) is 0 Å². The number of nitrogens with zero attached hydrogens (tertiary/aromatic N) is 1. The molecule has 1 saturated carbocycles. The summed E-state index contributed by atoms with van der Waals surface area (Å²) in [5.74, 6) is 0.852. The molecule has 0 aromatic carbocycles. The maximum Gasteiger partial charge on any atom is 0.137 e. The quantitative estimate of drug-likeness (QED) is 0.752. The summed E-state index contributed by atoms with van der Waals surface area (Å²) in [7, 11) is 0. The molecule has 19 heavy (non-hydrogen) atoms. The predicted molar refractivity (Wildman–Crippen MR) is 77.1 cm³/mol. The molecule has 0 radical (unpaired) electrons. The summed E-state index contributed by atoms with van der Waals surface area (Å²) in [4.78, 5) is 14.7. The number of carbonyl (C=O) groups excluding carboxylic acids is 1. The van der Waals surface area contributed by atoms with E-state index in [4.69, 9.17) is 5.11 Å². The second-order valence-electron chi connectivity index (χ2n) is 6.20. The highest BCUT2D eigenvalue weighted by Gasteiger charge is 2.34. The van der Waals surface area contributed by atoms with Crippen molar-refractivity contribution in [3.63, 3.8) is 0 Å². The number of aliphatic hydroxyl groups excluding tert-OH is 1. The number of aliphatic hydroxyl groups is 1. The number of rotatable bonds is 6. The smallest absolute Gasteiger partial charge is 0.137 e. The SMILES string of the molecule is O=C1CCCCC1C1CCCCN1CCCCCO. The molecule has 1 saturated heterocycles. The average molecular weight is 267 g/mol. The summed E-state index contributed by atoms with van der Waals surface area (Å²) in [6, 6.07) is 0.524. The van der Waals surface area contributed by atoms with Gasteiger partial charge in [0.05, 0.1) is 0 Å². The monoisotopic (exact) mass is 267 g/mol. The third-order valence-electron chi connectivity index (χ3n) is 4.83. The van der Waals surface area contributed by atoms with Gasteiger partial charge in [-0.1, -0.05) is 12.8 Å². The minimum absolute atomic E-state index is 0.310. The van der Waals surface area contributed by atoms with Crippen LogP contribution in [0.4, 0.5) is 0 Å². The van der Waals surface area contributed by atoms with Crippen molar-refractivity contribution in [3.05, 3.63) is 0 Å². The molecule has 0 aromatic rings. The number of likely N-dealkylation sites (tertiary alicyclic amines) is 1. The van der Waals surface area contributed by atoms with Crippen molar-refractivity contribution in [3.8, 4) is 0 Å². The highest BCUT2D eigenvalue weighted by molar-refractivity contribution is 5.82. The molecule has 2 atom stereocenters. The van der Waals surface area contributed by atoms with Crippen molar-refractivity contribution in [1.82, 2.24) is 4.90 Å². The first-order valence-electron chi connectivity index (χ1n) is 8.20. The van der Waals surface area contributed by atoms with Crippen LogP contribution in [-0.4, -0.2) is 41.5 Å². The normalized spacial score (nSPS) is 29.6. The Morgan fingerprint density at radius 3 is 2.68 bits per heavy atom. The number of hydrogen-bond acceptors (Lipinski definition) is 3. The van der Waals surface area contributed by atoms with Crippen LogP contribution in [0, 0.1) is 5.92 Å². The van der Waals surface area contributed by atoms with Gasteiger partial charge in [-0.2, -0.15) is 0 Å². The van der Waals surface area contributed by atoms with E-state index in [9.17, 15) is 4.79 Å². The Hall–Kier alpha value is -0.410. The van der Waals surface area contributed by atoms with Crippen molar-refractivity contribution in [1.29, 1.82) is 0 Å². The Bertz CT molecular complexity index is 280. The van der Waals surface area contributed by atoms with Gasteiger partial charge in [-0.3, -0.25) is 9.69 Å². The fraction of sp³-hybridized carbons (Fsp3) is 0.938. The van der Waals surface area contributed by atoms with Crippen LogP contribution in [0.2, 0.25) is 0 Å². The topological polar surface area (TPSA) is 40.5 Å². The zero-order valence-electron chi connectivity index (χ0n) is 12.1. The van der Waals surface area contributed by atoms with Gasteiger partial charge in [0, 0.05) is 25.0 Å². The minimum atomic E-state index is 0.310. The van der Waals surface area contributed by atoms with E-state index in [-0.39, 0.29) is 0 Å². The molecule has 0 spiro atoms. The summed E-state index contributed by atoms with van der Waals surface area (Å²) >= 11 is 0. The minimum Gasteiger partial charge on any atom is -0.396 e. The fourth-order valence-corrected chi connectivity index (χ4v) is 3.77. The molecule has 1 N–H and O–H groups in total. The third kappa shape index (κ3) is 4.28. The number of carbonyl (C=O) groups is 1. The molecule has 3 heteroatoms. The average Bonchev–Trinajstić information content (AvgIpc) is 2.45. The zero-order valence-corrected chi connectivity index (χ0v) is 12.1. The van der Waals surface area contributed by atoms with E-state index in [0.29, 0.717) is 24.3 Å². The van der Waals surface area contributed by atoms with Gasteiger partial charge in [0.2, 0.25) is 0 Å². The first-order chi connectivity index (χ1) is 9.33. The van der Waals surface area contributed by atoms with Crippen LogP contribution in [-0.2, 0) is 4.79 Å². The van der Waals surface area contributed by atoms with Gasteiger partial charge in [0.1, 0.15) is 5.78 Å². The van der Waals surface area contributed by atoms with E-state index >= 15 is 0 Å². The summed E-state index contributed by atoms with van der Waals surface area (Å²) in [6.45, 7) is 2.60. The molecule has 0 aromatic heterocycles. The van der Waals surface area contributed by atoms with Crippen molar-refractivity contribution in [2.75, 3.05) is 19.7 Å². The lowest BCUT2D eigenvalue weighted by atomic mass is 9.79. The molecule has 0 amide bonds. The summed E-state index contributed by atoms with van der Waals surface area (Å²) < 4.78 is 0.